The summed E-state index contributed by atoms with van der Waals surface area (Å²) in [7, 11) is 0. The van der Waals surface area contributed by atoms with Gasteiger partial charge in [0.15, 0.2) is 5.82 Å². The number of hydrogen-bond acceptors (Lipinski definition) is 4. The first-order valence-electron chi connectivity index (χ1n) is 5.41. The third-order valence-corrected chi connectivity index (χ3v) is 2.34. The smallest absolute Gasteiger partial charge is 0.303 e. The summed E-state index contributed by atoms with van der Waals surface area (Å²) in [4.78, 5) is 14.4. The van der Waals surface area contributed by atoms with Crippen molar-refractivity contribution < 1.29 is 18.8 Å². The van der Waals surface area contributed by atoms with Gasteiger partial charge in [-0.05, 0) is 17.7 Å². The Morgan fingerprint density at radius 2 is 2.06 bits per heavy atom. The number of rotatable bonds is 5. The van der Waals surface area contributed by atoms with Gasteiger partial charge in [-0.3, -0.25) is 4.79 Å². The van der Waals surface area contributed by atoms with E-state index < -0.39 is 5.97 Å². The summed E-state index contributed by atoms with van der Waals surface area (Å²) in [6.45, 7) is 0. The Morgan fingerprint density at radius 3 is 2.72 bits per heavy atom. The van der Waals surface area contributed by atoms with Crippen LogP contribution in [0.1, 0.15) is 23.7 Å². The van der Waals surface area contributed by atoms with Crippen molar-refractivity contribution in [1.82, 2.24) is 10.1 Å². The van der Waals surface area contributed by atoms with Crippen LogP contribution in [0.25, 0.3) is 0 Å². The number of halogens is 1. The third-order valence-electron chi connectivity index (χ3n) is 2.34. The van der Waals surface area contributed by atoms with Crippen molar-refractivity contribution >= 4 is 5.97 Å². The topological polar surface area (TPSA) is 76.2 Å². The highest BCUT2D eigenvalue weighted by Crippen LogP contribution is 2.09. The molecule has 0 atom stereocenters. The third kappa shape index (κ3) is 3.38. The maximum absolute atomic E-state index is 12.7. The summed E-state index contributed by atoms with van der Waals surface area (Å²) in [5, 5.41) is 12.3. The molecule has 0 spiro atoms. The summed E-state index contributed by atoms with van der Waals surface area (Å²) in [5.41, 5.74) is 0.863. The Balaban J connectivity index is 1.97. The van der Waals surface area contributed by atoms with E-state index in [0.29, 0.717) is 18.1 Å². The van der Waals surface area contributed by atoms with Gasteiger partial charge in [-0.25, -0.2) is 4.39 Å². The number of aliphatic carboxylic acids is 1. The summed E-state index contributed by atoms with van der Waals surface area (Å²) >= 11 is 0. The van der Waals surface area contributed by atoms with E-state index in [2.05, 4.69) is 10.1 Å². The van der Waals surface area contributed by atoms with E-state index in [-0.39, 0.29) is 18.7 Å². The van der Waals surface area contributed by atoms with Crippen LogP contribution in [0, 0.1) is 5.82 Å². The number of benzene rings is 1. The Labute approximate surface area is 102 Å². The molecule has 0 fully saturated rings. The Morgan fingerprint density at radius 1 is 1.33 bits per heavy atom. The van der Waals surface area contributed by atoms with Crippen molar-refractivity contribution in [2.24, 2.45) is 0 Å². The lowest BCUT2D eigenvalue weighted by Gasteiger charge is -1.95. The van der Waals surface area contributed by atoms with Crippen molar-refractivity contribution in [2.75, 3.05) is 0 Å². The van der Waals surface area contributed by atoms with Crippen molar-refractivity contribution in [3.63, 3.8) is 0 Å². The number of carboxylic acids is 1. The second-order valence-electron chi connectivity index (χ2n) is 3.80. The van der Waals surface area contributed by atoms with Crippen LogP contribution >= 0.6 is 0 Å². The van der Waals surface area contributed by atoms with Gasteiger partial charge in [0.25, 0.3) is 0 Å². The fourth-order valence-electron chi connectivity index (χ4n) is 1.46. The van der Waals surface area contributed by atoms with E-state index in [1.807, 2.05) is 0 Å². The largest absolute Gasteiger partial charge is 0.481 e. The maximum Gasteiger partial charge on any atom is 0.303 e. The van der Waals surface area contributed by atoms with Crippen molar-refractivity contribution in [3.05, 3.63) is 47.4 Å². The van der Waals surface area contributed by atoms with E-state index in [9.17, 15) is 9.18 Å². The molecule has 0 saturated carbocycles. The lowest BCUT2D eigenvalue weighted by molar-refractivity contribution is -0.137. The van der Waals surface area contributed by atoms with Gasteiger partial charge in [-0.15, -0.1) is 0 Å². The van der Waals surface area contributed by atoms with Crippen LogP contribution in [0.4, 0.5) is 4.39 Å². The van der Waals surface area contributed by atoms with Crippen LogP contribution in [0.3, 0.4) is 0 Å². The minimum Gasteiger partial charge on any atom is -0.481 e. The maximum atomic E-state index is 12.7. The highest BCUT2D eigenvalue weighted by Gasteiger charge is 2.08. The van der Waals surface area contributed by atoms with Gasteiger partial charge >= 0.3 is 5.97 Å². The first-order chi connectivity index (χ1) is 8.63. The zero-order valence-electron chi connectivity index (χ0n) is 9.47. The van der Waals surface area contributed by atoms with Crippen molar-refractivity contribution in [2.45, 2.75) is 19.3 Å². The molecule has 1 N–H and O–H groups in total. The van der Waals surface area contributed by atoms with Crippen molar-refractivity contribution in [1.29, 1.82) is 0 Å². The molecule has 0 aliphatic heterocycles. The lowest BCUT2D eigenvalue weighted by atomic mass is 10.1. The lowest BCUT2D eigenvalue weighted by Crippen LogP contribution is -1.98. The molecule has 0 bridgehead atoms. The zero-order chi connectivity index (χ0) is 13.0. The predicted octanol–water partition coefficient (Wildman–Crippen LogP) is 1.82. The second kappa shape index (κ2) is 5.39. The average Bonchev–Trinajstić information content (AvgIpc) is 2.77. The molecular formula is C12H11FN2O3. The first-order valence-corrected chi connectivity index (χ1v) is 5.41. The highest BCUT2D eigenvalue weighted by atomic mass is 19.1. The van der Waals surface area contributed by atoms with Crippen molar-refractivity contribution in [3.8, 4) is 0 Å². The average molecular weight is 250 g/mol. The number of carbonyl (C=O) groups is 1. The summed E-state index contributed by atoms with van der Waals surface area (Å²) < 4.78 is 17.6. The van der Waals surface area contributed by atoms with Crippen LogP contribution in [-0.4, -0.2) is 21.2 Å². The number of aromatic nitrogens is 2. The number of carboxylic acid groups (broad SMARTS) is 1. The highest BCUT2D eigenvalue weighted by molar-refractivity contribution is 5.66. The molecule has 0 amide bonds. The van der Waals surface area contributed by atoms with Gasteiger partial charge in [0.1, 0.15) is 5.82 Å². The molecule has 94 valence electrons. The van der Waals surface area contributed by atoms with Gasteiger partial charge in [0.05, 0.1) is 6.42 Å². The SMILES string of the molecule is O=C(O)CCc1nc(Cc2ccc(F)cc2)no1. The first kappa shape index (κ1) is 12.2. The molecule has 0 aliphatic carbocycles. The van der Waals surface area contributed by atoms with Gasteiger partial charge in [-0.1, -0.05) is 17.3 Å². The molecule has 1 aromatic carbocycles. The van der Waals surface area contributed by atoms with E-state index in [4.69, 9.17) is 9.63 Å². The molecule has 0 radical (unpaired) electrons. The van der Waals surface area contributed by atoms with Crippen LogP contribution in [0.15, 0.2) is 28.8 Å². The van der Waals surface area contributed by atoms with Crippen LogP contribution < -0.4 is 0 Å². The fourth-order valence-corrected chi connectivity index (χ4v) is 1.46. The predicted molar refractivity (Wildman–Crippen MR) is 59.5 cm³/mol. The van der Waals surface area contributed by atoms with Crippen LogP contribution in [0.5, 0.6) is 0 Å². The van der Waals surface area contributed by atoms with E-state index >= 15 is 0 Å². The standard InChI is InChI=1S/C12H11FN2O3/c13-9-3-1-8(2-4-9)7-10-14-11(18-15-10)5-6-12(16)17/h1-4H,5-7H2,(H,16,17). The molecule has 1 aromatic heterocycles. The zero-order valence-corrected chi connectivity index (χ0v) is 9.47. The molecule has 18 heavy (non-hydrogen) atoms. The van der Waals surface area contributed by atoms with Gasteiger partial charge in [-0.2, -0.15) is 4.98 Å². The quantitative estimate of drug-likeness (QED) is 0.875. The van der Waals surface area contributed by atoms with Crippen LogP contribution in [-0.2, 0) is 17.6 Å². The Bertz CT molecular complexity index is 537. The summed E-state index contributed by atoms with van der Waals surface area (Å²) in [6.07, 6.45) is 0.598. The minimum atomic E-state index is -0.909. The fraction of sp³-hybridized carbons (Fsp3) is 0.250. The van der Waals surface area contributed by atoms with Gasteiger partial charge < -0.3 is 9.63 Å². The normalized spacial score (nSPS) is 10.5. The molecule has 2 aromatic rings. The van der Waals surface area contributed by atoms with Gasteiger partial charge in [0.2, 0.25) is 5.89 Å². The Kier molecular flexibility index (Phi) is 3.66. The molecule has 1 heterocycles. The van der Waals surface area contributed by atoms with E-state index in [1.165, 1.54) is 12.1 Å². The molecule has 0 aliphatic rings. The molecule has 6 heteroatoms. The monoisotopic (exact) mass is 250 g/mol. The Hall–Kier alpha value is -2.24. The summed E-state index contributed by atoms with van der Waals surface area (Å²) in [6, 6.07) is 6.01. The minimum absolute atomic E-state index is 0.0435. The van der Waals surface area contributed by atoms with Crippen LogP contribution in [0.2, 0.25) is 0 Å². The van der Waals surface area contributed by atoms with E-state index in [0.717, 1.165) is 5.56 Å². The summed E-state index contributed by atoms with van der Waals surface area (Å²) in [5.74, 6) is -0.446. The second-order valence-corrected chi connectivity index (χ2v) is 3.80. The molecular weight excluding hydrogens is 239 g/mol. The van der Waals surface area contributed by atoms with E-state index in [1.54, 1.807) is 12.1 Å². The number of nitrogens with zero attached hydrogens (tertiary/aromatic N) is 2. The molecule has 0 unspecified atom stereocenters. The molecule has 5 nitrogen and oxygen atoms in total. The number of aryl methyl sites for hydroxylation is 1. The molecule has 2 rings (SSSR count). The number of hydrogen-bond donors (Lipinski definition) is 1. The molecule has 0 saturated heterocycles. The van der Waals surface area contributed by atoms with Gasteiger partial charge in [0, 0.05) is 12.8 Å².